The number of ether oxygens (including phenoxy) is 1. The molecule has 0 aromatic carbocycles. The highest BCUT2D eigenvalue weighted by atomic mass is 32.2. The van der Waals surface area contributed by atoms with Crippen molar-refractivity contribution in [2.75, 3.05) is 37.9 Å². The number of nitrogens with zero attached hydrogens (tertiary/aromatic N) is 4. The third-order valence-corrected chi connectivity index (χ3v) is 7.82. The van der Waals surface area contributed by atoms with E-state index in [1.54, 1.807) is 13.4 Å². The van der Waals surface area contributed by atoms with E-state index < -0.39 is 10.0 Å². The molecule has 0 amide bonds. The van der Waals surface area contributed by atoms with Gasteiger partial charge in [-0.25, -0.2) is 22.7 Å². The van der Waals surface area contributed by atoms with E-state index in [0.717, 1.165) is 49.1 Å². The molecule has 2 aromatic heterocycles. The van der Waals surface area contributed by atoms with Crippen LogP contribution in [0.2, 0.25) is 0 Å². The highest BCUT2D eigenvalue weighted by Crippen LogP contribution is 2.36. The summed E-state index contributed by atoms with van der Waals surface area (Å²) in [5.41, 5.74) is 0.820. The molecule has 1 aliphatic heterocycles. The Labute approximate surface area is 160 Å². The largest absolute Gasteiger partial charge is 0.377 e. The molecule has 148 valence electrons. The molecule has 9 heteroatoms. The molecule has 1 saturated heterocycles. The Kier molecular flexibility index (Phi) is 5.09. The van der Waals surface area contributed by atoms with Gasteiger partial charge in [0, 0.05) is 39.5 Å². The van der Waals surface area contributed by atoms with Crippen LogP contribution in [0.3, 0.4) is 0 Å². The van der Waals surface area contributed by atoms with Crippen LogP contribution in [0, 0.1) is 5.92 Å². The molecule has 0 bridgehead atoms. The summed E-state index contributed by atoms with van der Waals surface area (Å²) < 4.78 is 32.3. The SMILES string of the molecule is CN(CC1CCCO1)S(=O)(=O)C[C@H]1C[C@@H](N(C)c2ncnc3[nH]ccc23)C1. The van der Waals surface area contributed by atoms with E-state index in [4.69, 9.17) is 4.74 Å². The first kappa shape index (κ1) is 18.6. The Morgan fingerprint density at radius 2 is 2.11 bits per heavy atom. The standard InChI is InChI=1S/C18H27N5O3S/c1-22(10-15-4-3-7-26-15)27(24,25)11-13-8-14(9-13)23(2)18-16-5-6-19-17(16)20-12-21-18/h5-6,12-15H,3-4,7-11H2,1-2H3,(H,19,20,21)/t13-,14+,15?. The lowest BCUT2D eigenvalue weighted by molar-refractivity contribution is 0.0976. The van der Waals surface area contributed by atoms with Crippen LogP contribution in [0.4, 0.5) is 5.82 Å². The number of aromatic amines is 1. The molecule has 1 unspecified atom stereocenters. The van der Waals surface area contributed by atoms with Gasteiger partial charge in [-0.15, -0.1) is 0 Å². The smallest absolute Gasteiger partial charge is 0.214 e. The minimum absolute atomic E-state index is 0.0478. The minimum atomic E-state index is -3.24. The van der Waals surface area contributed by atoms with Crippen molar-refractivity contribution >= 4 is 26.9 Å². The topological polar surface area (TPSA) is 91.4 Å². The van der Waals surface area contributed by atoms with Gasteiger partial charge >= 0.3 is 0 Å². The molecule has 1 saturated carbocycles. The summed E-state index contributed by atoms with van der Waals surface area (Å²) in [6, 6.07) is 2.28. The van der Waals surface area contributed by atoms with Crippen LogP contribution in [0.1, 0.15) is 25.7 Å². The molecule has 8 nitrogen and oxygen atoms in total. The number of hydrogen-bond acceptors (Lipinski definition) is 6. The van der Waals surface area contributed by atoms with Crippen LogP contribution in [-0.4, -0.2) is 72.8 Å². The van der Waals surface area contributed by atoms with E-state index in [2.05, 4.69) is 19.9 Å². The molecule has 2 aliphatic rings. The van der Waals surface area contributed by atoms with Crippen LogP contribution in [0.5, 0.6) is 0 Å². The lowest BCUT2D eigenvalue weighted by atomic mass is 9.81. The third-order valence-electron chi connectivity index (χ3n) is 5.83. The van der Waals surface area contributed by atoms with Crippen molar-refractivity contribution < 1.29 is 13.2 Å². The highest BCUT2D eigenvalue weighted by Gasteiger charge is 2.37. The summed E-state index contributed by atoms with van der Waals surface area (Å²) in [6.45, 7) is 1.21. The fourth-order valence-corrected chi connectivity index (χ4v) is 5.60. The lowest BCUT2D eigenvalue weighted by Gasteiger charge is -2.42. The Morgan fingerprint density at radius 1 is 1.30 bits per heavy atom. The summed E-state index contributed by atoms with van der Waals surface area (Å²) in [5.74, 6) is 1.30. The second kappa shape index (κ2) is 7.37. The molecular weight excluding hydrogens is 366 g/mol. The van der Waals surface area contributed by atoms with Gasteiger partial charge in [0.1, 0.15) is 17.8 Å². The third kappa shape index (κ3) is 3.81. The molecule has 0 spiro atoms. The number of fused-ring (bicyclic) bond motifs is 1. The van der Waals surface area contributed by atoms with Gasteiger partial charge in [0.25, 0.3) is 0 Å². The monoisotopic (exact) mass is 393 g/mol. The molecule has 1 aliphatic carbocycles. The predicted molar refractivity (Wildman–Crippen MR) is 104 cm³/mol. The van der Waals surface area contributed by atoms with Crippen molar-refractivity contribution in [2.24, 2.45) is 5.92 Å². The van der Waals surface area contributed by atoms with Crippen LogP contribution in [-0.2, 0) is 14.8 Å². The lowest BCUT2D eigenvalue weighted by Crippen LogP contribution is -2.47. The first-order chi connectivity index (χ1) is 12.9. The normalized spacial score (nSPS) is 25.8. The van der Waals surface area contributed by atoms with Crippen molar-refractivity contribution in [1.29, 1.82) is 0 Å². The molecule has 4 rings (SSSR count). The fraction of sp³-hybridized carbons (Fsp3) is 0.667. The predicted octanol–water partition coefficient (Wildman–Crippen LogP) is 1.61. The first-order valence-corrected chi connectivity index (χ1v) is 11.1. The number of anilines is 1. The summed E-state index contributed by atoms with van der Waals surface area (Å²) in [4.78, 5) is 13.9. The fourth-order valence-electron chi connectivity index (χ4n) is 4.08. The first-order valence-electron chi connectivity index (χ1n) is 9.50. The maximum atomic E-state index is 12.6. The van der Waals surface area contributed by atoms with E-state index in [0.29, 0.717) is 12.6 Å². The van der Waals surface area contributed by atoms with Gasteiger partial charge < -0.3 is 14.6 Å². The number of H-pyrrole nitrogens is 1. The molecule has 27 heavy (non-hydrogen) atoms. The number of hydrogen-bond donors (Lipinski definition) is 1. The van der Waals surface area contributed by atoms with Gasteiger partial charge in [-0.2, -0.15) is 0 Å². The van der Waals surface area contributed by atoms with E-state index in [9.17, 15) is 8.42 Å². The summed E-state index contributed by atoms with van der Waals surface area (Å²) >= 11 is 0. The number of aromatic nitrogens is 3. The van der Waals surface area contributed by atoms with Crippen molar-refractivity contribution in [3.63, 3.8) is 0 Å². The van der Waals surface area contributed by atoms with Crippen LogP contribution >= 0.6 is 0 Å². The van der Waals surface area contributed by atoms with Crippen molar-refractivity contribution in [2.45, 2.75) is 37.8 Å². The minimum Gasteiger partial charge on any atom is -0.377 e. The Morgan fingerprint density at radius 3 is 2.85 bits per heavy atom. The maximum absolute atomic E-state index is 12.6. The zero-order chi connectivity index (χ0) is 19.0. The van der Waals surface area contributed by atoms with Gasteiger partial charge in [0.15, 0.2) is 0 Å². The van der Waals surface area contributed by atoms with Gasteiger partial charge in [0.05, 0.1) is 17.2 Å². The number of sulfonamides is 1. The van der Waals surface area contributed by atoms with Crippen molar-refractivity contribution in [3.05, 3.63) is 18.6 Å². The molecule has 2 aromatic rings. The second-order valence-corrected chi connectivity index (χ2v) is 9.85. The van der Waals surface area contributed by atoms with E-state index in [-0.39, 0.29) is 17.8 Å². The van der Waals surface area contributed by atoms with E-state index >= 15 is 0 Å². The molecule has 1 atom stereocenters. The number of rotatable bonds is 7. The van der Waals surface area contributed by atoms with Crippen LogP contribution < -0.4 is 4.90 Å². The summed E-state index contributed by atoms with van der Waals surface area (Å²) in [7, 11) is 0.448. The average molecular weight is 394 g/mol. The molecule has 3 heterocycles. The van der Waals surface area contributed by atoms with Crippen LogP contribution in [0.25, 0.3) is 11.0 Å². The van der Waals surface area contributed by atoms with E-state index in [1.165, 1.54) is 4.31 Å². The van der Waals surface area contributed by atoms with Crippen molar-refractivity contribution in [1.82, 2.24) is 19.3 Å². The molecule has 2 fully saturated rings. The summed E-state index contributed by atoms with van der Waals surface area (Å²) in [6.07, 6.45) is 7.16. The van der Waals surface area contributed by atoms with Crippen LogP contribution in [0.15, 0.2) is 18.6 Å². The summed E-state index contributed by atoms with van der Waals surface area (Å²) in [5, 5.41) is 0.993. The van der Waals surface area contributed by atoms with Gasteiger partial charge in [0.2, 0.25) is 10.0 Å². The zero-order valence-electron chi connectivity index (χ0n) is 15.8. The number of likely N-dealkylation sites (N-methyl/N-ethyl adjacent to an activating group) is 1. The Bertz CT molecular complexity index is 887. The molecular formula is C18H27N5O3S. The molecule has 0 radical (unpaired) electrons. The van der Waals surface area contributed by atoms with Gasteiger partial charge in [-0.1, -0.05) is 0 Å². The Balaban J connectivity index is 1.33. The van der Waals surface area contributed by atoms with Gasteiger partial charge in [-0.05, 0) is 37.7 Å². The van der Waals surface area contributed by atoms with Gasteiger partial charge in [-0.3, -0.25) is 0 Å². The zero-order valence-corrected chi connectivity index (χ0v) is 16.7. The van der Waals surface area contributed by atoms with Crippen molar-refractivity contribution in [3.8, 4) is 0 Å². The Hall–Kier alpha value is -1.71. The quantitative estimate of drug-likeness (QED) is 0.768. The maximum Gasteiger partial charge on any atom is 0.214 e. The molecule has 1 N–H and O–H groups in total. The number of nitrogens with one attached hydrogen (secondary N) is 1. The second-order valence-electron chi connectivity index (χ2n) is 7.73. The average Bonchev–Trinajstić information content (AvgIpc) is 3.28. The van der Waals surface area contributed by atoms with E-state index in [1.807, 2.05) is 19.3 Å². The highest BCUT2D eigenvalue weighted by molar-refractivity contribution is 7.89.